The Morgan fingerprint density at radius 3 is 2.71 bits per heavy atom. The van der Waals surface area contributed by atoms with Crippen LogP contribution in [0.1, 0.15) is 5.56 Å². The monoisotopic (exact) mass is 359 g/mol. The fourth-order valence-corrected chi connectivity index (χ4v) is 2.04. The van der Waals surface area contributed by atoms with Gasteiger partial charge in [-0.3, -0.25) is 0 Å². The molecular formula is C12H9BrF3N5. The highest BCUT2D eigenvalue weighted by Crippen LogP contribution is 2.26. The molecule has 0 bridgehead atoms. The number of alkyl halides is 3. The molecule has 0 radical (unpaired) electrons. The SMILES string of the molecule is N#Cc1c(NCC(F)(F)F)nn(-c2cccc(Br)c2)c1N. The van der Waals surface area contributed by atoms with E-state index < -0.39 is 12.7 Å². The highest BCUT2D eigenvalue weighted by molar-refractivity contribution is 9.10. The molecule has 0 saturated carbocycles. The highest BCUT2D eigenvalue weighted by Gasteiger charge is 2.28. The third-order valence-corrected chi connectivity index (χ3v) is 3.04. The Kier molecular flexibility index (Phi) is 4.09. The summed E-state index contributed by atoms with van der Waals surface area (Å²) >= 11 is 3.27. The Morgan fingerprint density at radius 1 is 1.43 bits per heavy atom. The van der Waals surface area contributed by atoms with Gasteiger partial charge in [-0.15, -0.1) is 5.10 Å². The number of aromatic nitrogens is 2. The Balaban J connectivity index is 2.41. The van der Waals surface area contributed by atoms with E-state index >= 15 is 0 Å². The first-order valence-electron chi connectivity index (χ1n) is 5.67. The quantitative estimate of drug-likeness (QED) is 0.882. The molecule has 0 unspecified atom stereocenters. The van der Waals surface area contributed by atoms with E-state index in [-0.39, 0.29) is 17.2 Å². The maximum atomic E-state index is 12.2. The normalized spacial score (nSPS) is 11.2. The van der Waals surface area contributed by atoms with Crippen molar-refractivity contribution in [3.05, 3.63) is 34.3 Å². The van der Waals surface area contributed by atoms with Crippen molar-refractivity contribution < 1.29 is 13.2 Å². The smallest absolute Gasteiger partial charge is 0.382 e. The third-order valence-electron chi connectivity index (χ3n) is 2.54. The van der Waals surface area contributed by atoms with Crippen LogP contribution in [0.4, 0.5) is 24.8 Å². The number of nitrogen functional groups attached to an aromatic ring is 1. The van der Waals surface area contributed by atoms with Crippen molar-refractivity contribution in [3.8, 4) is 11.8 Å². The van der Waals surface area contributed by atoms with Crippen LogP contribution in [0.15, 0.2) is 28.7 Å². The van der Waals surface area contributed by atoms with Gasteiger partial charge in [0.05, 0.1) is 5.69 Å². The second-order valence-corrected chi connectivity index (χ2v) is 5.00. The van der Waals surface area contributed by atoms with E-state index in [2.05, 4.69) is 26.3 Å². The summed E-state index contributed by atoms with van der Waals surface area (Å²) in [5.74, 6) is -0.229. The number of nitrogens with one attached hydrogen (secondary N) is 1. The zero-order chi connectivity index (χ0) is 15.6. The molecule has 1 aromatic heterocycles. The minimum atomic E-state index is -4.42. The zero-order valence-electron chi connectivity index (χ0n) is 10.4. The number of nitrogens with zero attached hydrogens (tertiary/aromatic N) is 3. The zero-order valence-corrected chi connectivity index (χ0v) is 12.0. The lowest BCUT2D eigenvalue weighted by Gasteiger charge is -2.07. The van der Waals surface area contributed by atoms with Gasteiger partial charge in [0, 0.05) is 4.47 Å². The van der Waals surface area contributed by atoms with Crippen molar-refractivity contribution in [3.63, 3.8) is 0 Å². The molecule has 0 spiro atoms. The fraction of sp³-hybridized carbons (Fsp3) is 0.167. The molecule has 1 aromatic carbocycles. The van der Waals surface area contributed by atoms with Crippen LogP contribution in [0.2, 0.25) is 0 Å². The van der Waals surface area contributed by atoms with Gasteiger partial charge in [0.2, 0.25) is 0 Å². The molecule has 2 aromatic rings. The van der Waals surface area contributed by atoms with Crippen LogP contribution < -0.4 is 11.1 Å². The second-order valence-electron chi connectivity index (χ2n) is 4.08. The number of hydrogen-bond donors (Lipinski definition) is 2. The number of hydrogen-bond acceptors (Lipinski definition) is 4. The van der Waals surface area contributed by atoms with Gasteiger partial charge in [0.25, 0.3) is 0 Å². The average molecular weight is 360 g/mol. The van der Waals surface area contributed by atoms with E-state index in [4.69, 9.17) is 11.0 Å². The van der Waals surface area contributed by atoms with Crippen molar-refractivity contribution in [2.45, 2.75) is 6.18 Å². The van der Waals surface area contributed by atoms with Gasteiger partial charge in [-0.2, -0.15) is 18.4 Å². The van der Waals surface area contributed by atoms with Crippen LogP contribution in [0.25, 0.3) is 5.69 Å². The molecule has 3 N–H and O–H groups in total. The summed E-state index contributed by atoms with van der Waals surface area (Å²) in [4.78, 5) is 0. The molecule has 5 nitrogen and oxygen atoms in total. The van der Waals surface area contributed by atoms with Crippen molar-refractivity contribution in [1.82, 2.24) is 9.78 Å². The number of rotatable bonds is 3. The number of halogens is 4. The molecule has 110 valence electrons. The minimum Gasteiger partial charge on any atom is -0.382 e. The molecule has 2 rings (SSSR count). The molecule has 21 heavy (non-hydrogen) atoms. The predicted octanol–water partition coefficient (Wildman–Crippen LogP) is 3.06. The van der Waals surface area contributed by atoms with Crippen LogP contribution in [-0.4, -0.2) is 22.5 Å². The molecule has 0 aliphatic heterocycles. The Hall–Kier alpha value is -2.21. The summed E-state index contributed by atoms with van der Waals surface area (Å²) in [5.41, 5.74) is 6.18. The van der Waals surface area contributed by atoms with Crippen LogP contribution >= 0.6 is 15.9 Å². The number of nitriles is 1. The first-order valence-corrected chi connectivity index (χ1v) is 6.46. The maximum Gasteiger partial charge on any atom is 0.405 e. The van der Waals surface area contributed by atoms with E-state index in [0.717, 1.165) is 4.47 Å². The fourth-order valence-electron chi connectivity index (χ4n) is 1.65. The van der Waals surface area contributed by atoms with Crippen molar-refractivity contribution in [2.24, 2.45) is 0 Å². The van der Waals surface area contributed by atoms with Crippen LogP contribution in [0.3, 0.4) is 0 Å². The first-order chi connectivity index (χ1) is 9.81. The average Bonchev–Trinajstić information content (AvgIpc) is 2.72. The Labute approximate surface area is 126 Å². The van der Waals surface area contributed by atoms with Gasteiger partial charge < -0.3 is 11.1 Å². The highest BCUT2D eigenvalue weighted by atomic mass is 79.9. The van der Waals surface area contributed by atoms with E-state index in [1.807, 2.05) is 0 Å². The van der Waals surface area contributed by atoms with Crippen LogP contribution in [-0.2, 0) is 0 Å². The summed E-state index contributed by atoms with van der Waals surface area (Å²) in [6.45, 7) is -1.30. The van der Waals surface area contributed by atoms with Crippen LogP contribution in [0, 0.1) is 11.3 Å². The number of nitrogens with two attached hydrogens (primary N) is 1. The number of benzene rings is 1. The molecule has 0 aliphatic carbocycles. The molecular weight excluding hydrogens is 351 g/mol. The van der Waals surface area contributed by atoms with Crippen LogP contribution in [0.5, 0.6) is 0 Å². The van der Waals surface area contributed by atoms with Crippen molar-refractivity contribution in [1.29, 1.82) is 5.26 Å². The van der Waals surface area contributed by atoms with Gasteiger partial charge in [-0.25, -0.2) is 4.68 Å². The molecule has 0 saturated heterocycles. The summed E-state index contributed by atoms with van der Waals surface area (Å²) in [6.07, 6.45) is -4.42. The first kappa shape index (κ1) is 15.2. The van der Waals surface area contributed by atoms with Gasteiger partial charge in [-0.05, 0) is 18.2 Å². The van der Waals surface area contributed by atoms with Gasteiger partial charge in [0.1, 0.15) is 24.0 Å². The molecule has 0 aliphatic rings. The van der Waals surface area contributed by atoms with E-state index in [0.29, 0.717) is 5.69 Å². The lowest BCUT2D eigenvalue weighted by molar-refractivity contribution is -0.115. The van der Waals surface area contributed by atoms with Crippen molar-refractivity contribution in [2.75, 3.05) is 17.6 Å². The van der Waals surface area contributed by atoms with E-state index in [1.165, 1.54) is 4.68 Å². The Morgan fingerprint density at radius 2 is 2.14 bits per heavy atom. The molecule has 0 amide bonds. The standard InChI is InChI=1S/C12H9BrF3N5/c13-7-2-1-3-8(4-7)21-10(18)9(5-17)11(20-21)19-6-12(14,15)16/h1-4H,6,18H2,(H,19,20). The largest absolute Gasteiger partial charge is 0.405 e. The second kappa shape index (κ2) is 5.65. The van der Waals surface area contributed by atoms with Gasteiger partial charge in [-0.1, -0.05) is 22.0 Å². The van der Waals surface area contributed by atoms with E-state index in [9.17, 15) is 13.2 Å². The molecule has 0 atom stereocenters. The predicted molar refractivity (Wildman–Crippen MR) is 74.9 cm³/mol. The third kappa shape index (κ3) is 3.46. The van der Waals surface area contributed by atoms with Gasteiger partial charge in [0.15, 0.2) is 5.82 Å². The molecule has 1 heterocycles. The Bertz CT molecular complexity index is 702. The minimum absolute atomic E-state index is 0.0275. The molecule has 9 heteroatoms. The summed E-state index contributed by atoms with van der Waals surface area (Å²) < 4.78 is 38.7. The topological polar surface area (TPSA) is 79.7 Å². The summed E-state index contributed by atoms with van der Waals surface area (Å²) in [7, 11) is 0. The maximum absolute atomic E-state index is 12.2. The lowest BCUT2D eigenvalue weighted by Crippen LogP contribution is -2.21. The van der Waals surface area contributed by atoms with Gasteiger partial charge >= 0.3 is 6.18 Å². The molecule has 0 fully saturated rings. The van der Waals surface area contributed by atoms with Crippen molar-refractivity contribution >= 4 is 27.6 Å². The summed E-state index contributed by atoms with van der Waals surface area (Å²) in [6, 6.07) is 8.60. The van der Waals surface area contributed by atoms with E-state index in [1.54, 1.807) is 30.3 Å². The number of anilines is 2. The summed E-state index contributed by atoms with van der Waals surface area (Å²) in [5, 5.41) is 15.0. The lowest BCUT2D eigenvalue weighted by atomic mass is 10.3.